The van der Waals surface area contributed by atoms with Crippen molar-refractivity contribution in [2.75, 3.05) is 26.8 Å². The lowest BCUT2D eigenvalue weighted by Gasteiger charge is -2.33. The van der Waals surface area contributed by atoms with Crippen molar-refractivity contribution in [3.05, 3.63) is 35.9 Å². The van der Waals surface area contributed by atoms with Gasteiger partial charge >= 0.3 is 0 Å². The summed E-state index contributed by atoms with van der Waals surface area (Å²) in [6.07, 6.45) is 4.50. The Morgan fingerprint density at radius 2 is 1.95 bits per heavy atom. The maximum Gasteiger partial charge on any atom is 0.241 e. The molecule has 1 aromatic rings. The van der Waals surface area contributed by atoms with E-state index in [1.54, 1.807) is 7.11 Å². The monoisotopic (exact) mass is 326 g/mol. The molecule has 124 valence electrons. The van der Waals surface area contributed by atoms with Crippen LogP contribution in [0.4, 0.5) is 0 Å². The Morgan fingerprint density at radius 1 is 1.32 bits per heavy atom. The van der Waals surface area contributed by atoms with Crippen molar-refractivity contribution in [2.45, 2.75) is 31.7 Å². The highest BCUT2D eigenvalue weighted by molar-refractivity contribution is 5.85. The molecule has 0 spiro atoms. The lowest BCUT2D eigenvalue weighted by Crippen LogP contribution is -2.48. The molecule has 1 saturated heterocycles. The Labute approximate surface area is 139 Å². The first-order valence-electron chi connectivity index (χ1n) is 7.78. The van der Waals surface area contributed by atoms with Gasteiger partial charge in [-0.05, 0) is 37.2 Å². The molecule has 4 nitrogen and oxygen atoms in total. The predicted molar refractivity (Wildman–Crippen MR) is 91.2 cm³/mol. The minimum absolute atomic E-state index is 0. The van der Waals surface area contributed by atoms with Crippen molar-refractivity contribution in [1.29, 1.82) is 0 Å². The number of hydrogen-bond acceptors (Lipinski definition) is 3. The van der Waals surface area contributed by atoms with E-state index in [1.807, 2.05) is 4.90 Å². The summed E-state index contributed by atoms with van der Waals surface area (Å²) in [6.45, 7) is 1.96. The summed E-state index contributed by atoms with van der Waals surface area (Å²) in [6, 6.07) is 10.1. The third-order valence-electron chi connectivity index (χ3n) is 4.27. The number of hydrogen-bond donors (Lipinski definition) is 1. The number of benzene rings is 1. The maximum atomic E-state index is 12.1. The van der Waals surface area contributed by atoms with Crippen molar-refractivity contribution in [2.24, 2.45) is 11.7 Å². The second kappa shape index (κ2) is 9.82. The van der Waals surface area contributed by atoms with Crippen LogP contribution in [0.3, 0.4) is 0 Å². The van der Waals surface area contributed by atoms with E-state index in [4.69, 9.17) is 10.5 Å². The summed E-state index contributed by atoms with van der Waals surface area (Å²) in [5, 5.41) is 0. The topological polar surface area (TPSA) is 55.6 Å². The summed E-state index contributed by atoms with van der Waals surface area (Å²) in [5.41, 5.74) is 7.21. The Bertz CT molecular complexity index is 434. The molecule has 1 atom stereocenters. The predicted octanol–water partition coefficient (Wildman–Crippen LogP) is 2.25. The third-order valence-corrected chi connectivity index (χ3v) is 4.27. The molecule has 0 radical (unpaired) electrons. The van der Waals surface area contributed by atoms with Gasteiger partial charge in [0.25, 0.3) is 0 Å². The molecule has 1 unspecified atom stereocenters. The van der Waals surface area contributed by atoms with Gasteiger partial charge in [-0.15, -0.1) is 12.4 Å². The van der Waals surface area contributed by atoms with Crippen LogP contribution in [0.1, 0.15) is 24.8 Å². The number of nitrogens with two attached hydrogens (primary N) is 1. The number of aryl methyl sites for hydroxylation is 1. The normalized spacial score (nSPS) is 16.9. The van der Waals surface area contributed by atoms with E-state index < -0.39 is 6.04 Å². The number of carbonyl (C=O) groups excluding carboxylic acids is 1. The SMILES string of the molecule is COCC(N)C(=O)N1CCC(CCc2ccccc2)CC1.Cl. The highest BCUT2D eigenvalue weighted by Crippen LogP contribution is 2.22. The summed E-state index contributed by atoms with van der Waals surface area (Å²) in [7, 11) is 1.57. The summed E-state index contributed by atoms with van der Waals surface area (Å²) < 4.78 is 4.95. The standard InChI is InChI=1S/C17H26N2O2.ClH/c1-21-13-16(18)17(20)19-11-9-15(10-12-19)8-7-14-5-3-2-4-6-14;/h2-6,15-16H,7-13,18H2,1H3;1H. The number of methoxy groups -OCH3 is 1. The van der Waals surface area contributed by atoms with Gasteiger partial charge in [-0.2, -0.15) is 0 Å². The molecule has 2 N–H and O–H groups in total. The average molecular weight is 327 g/mol. The molecular formula is C17H27ClN2O2. The van der Waals surface area contributed by atoms with Crippen LogP contribution in [0.2, 0.25) is 0 Å². The van der Waals surface area contributed by atoms with Gasteiger partial charge < -0.3 is 15.4 Å². The van der Waals surface area contributed by atoms with Gasteiger partial charge in [0.2, 0.25) is 5.91 Å². The van der Waals surface area contributed by atoms with Crippen LogP contribution in [0.25, 0.3) is 0 Å². The number of likely N-dealkylation sites (tertiary alicyclic amines) is 1. The van der Waals surface area contributed by atoms with Gasteiger partial charge in [0.1, 0.15) is 6.04 Å². The zero-order chi connectivity index (χ0) is 15.1. The fraction of sp³-hybridized carbons (Fsp3) is 0.588. The van der Waals surface area contributed by atoms with Crippen LogP contribution in [0, 0.1) is 5.92 Å². The Morgan fingerprint density at radius 3 is 2.55 bits per heavy atom. The van der Waals surface area contributed by atoms with E-state index in [9.17, 15) is 4.79 Å². The molecule has 2 rings (SSSR count). The van der Waals surface area contributed by atoms with E-state index in [1.165, 1.54) is 12.0 Å². The van der Waals surface area contributed by atoms with Gasteiger partial charge in [0.05, 0.1) is 6.61 Å². The molecule has 0 aromatic heterocycles. The average Bonchev–Trinajstić information content (AvgIpc) is 2.54. The zero-order valence-electron chi connectivity index (χ0n) is 13.2. The van der Waals surface area contributed by atoms with Gasteiger partial charge in [-0.25, -0.2) is 0 Å². The van der Waals surface area contributed by atoms with E-state index in [0.717, 1.165) is 32.4 Å². The molecule has 5 heteroatoms. The first-order chi connectivity index (χ1) is 10.2. The number of amides is 1. The molecule has 1 heterocycles. The Kier molecular flexibility index (Phi) is 8.46. The van der Waals surface area contributed by atoms with Crippen LogP contribution in [-0.2, 0) is 16.0 Å². The maximum absolute atomic E-state index is 12.1. The minimum Gasteiger partial charge on any atom is -0.383 e. The van der Waals surface area contributed by atoms with Crippen molar-refractivity contribution in [1.82, 2.24) is 4.90 Å². The number of ether oxygens (including phenoxy) is 1. The second-order valence-corrected chi connectivity index (χ2v) is 5.85. The molecule has 0 bridgehead atoms. The molecule has 1 aliphatic heterocycles. The van der Waals surface area contributed by atoms with Crippen LogP contribution in [-0.4, -0.2) is 43.7 Å². The van der Waals surface area contributed by atoms with E-state index in [0.29, 0.717) is 12.5 Å². The highest BCUT2D eigenvalue weighted by Gasteiger charge is 2.26. The van der Waals surface area contributed by atoms with Gasteiger partial charge in [0, 0.05) is 20.2 Å². The fourth-order valence-corrected chi connectivity index (χ4v) is 2.94. The smallest absolute Gasteiger partial charge is 0.241 e. The van der Waals surface area contributed by atoms with Gasteiger partial charge in [-0.1, -0.05) is 30.3 Å². The Balaban J connectivity index is 0.00000242. The lowest BCUT2D eigenvalue weighted by molar-refractivity contribution is -0.135. The van der Waals surface area contributed by atoms with Crippen LogP contribution in [0.15, 0.2) is 30.3 Å². The second-order valence-electron chi connectivity index (χ2n) is 5.85. The number of carbonyl (C=O) groups is 1. The van der Waals surface area contributed by atoms with Crippen molar-refractivity contribution in [3.8, 4) is 0 Å². The number of nitrogens with zero attached hydrogens (tertiary/aromatic N) is 1. The number of rotatable bonds is 6. The van der Waals surface area contributed by atoms with E-state index in [2.05, 4.69) is 30.3 Å². The molecule has 0 aliphatic carbocycles. The fourth-order valence-electron chi connectivity index (χ4n) is 2.94. The first-order valence-corrected chi connectivity index (χ1v) is 7.78. The van der Waals surface area contributed by atoms with E-state index in [-0.39, 0.29) is 18.3 Å². The van der Waals surface area contributed by atoms with Gasteiger partial charge in [0.15, 0.2) is 0 Å². The zero-order valence-corrected chi connectivity index (χ0v) is 14.1. The lowest BCUT2D eigenvalue weighted by atomic mass is 9.90. The number of piperidine rings is 1. The molecule has 22 heavy (non-hydrogen) atoms. The van der Waals surface area contributed by atoms with Crippen LogP contribution >= 0.6 is 12.4 Å². The van der Waals surface area contributed by atoms with Gasteiger partial charge in [-0.3, -0.25) is 4.79 Å². The molecule has 1 aromatic carbocycles. The van der Waals surface area contributed by atoms with Crippen molar-refractivity contribution >= 4 is 18.3 Å². The van der Waals surface area contributed by atoms with Crippen molar-refractivity contribution < 1.29 is 9.53 Å². The van der Waals surface area contributed by atoms with Crippen LogP contribution in [0.5, 0.6) is 0 Å². The highest BCUT2D eigenvalue weighted by atomic mass is 35.5. The quantitative estimate of drug-likeness (QED) is 0.872. The number of halogens is 1. The minimum atomic E-state index is -0.518. The van der Waals surface area contributed by atoms with Crippen LogP contribution < -0.4 is 5.73 Å². The Hall–Kier alpha value is -1.10. The molecule has 1 fully saturated rings. The summed E-state index contributed by atoms with van der Waals surface area (Å²) >= 11 is 0. The molecule has 1 aliphatic rings. The molecule has 0 saturated carbocycles. The van der Waals surface area contributed by atoms with E-state index >= 15 is 0 Å². The summed E-state index contributed by atoms with van der Waals surface area (Å²) in [5.74, 6) is 0.742. The third kappa shape index (κ3) is 5.59. The van der Waals surface area contributed by atoms with Crippen molar-refractivity contribution in [3.63, 3.8) is 0 Å². The largest absolute Gasteiger partial charge is 0.383 e. The molecule has 1 amide bonds. The molecular weight excluding hydrogens is 300 g/mol. The first kappa shape index (κ1) is 18.9. The summed E-state index contributed by atoms with van der Waals surface area (Å²) in [4.78, 5) is 14.0.